The molecule has 0 radical (unpaired) electrons. The Morgan fingerprint density at radius 3 is 2.04 bits per heavy atom. The van der Waals surface area contributed by atoms with Gasteiger partial charge in [-0.1, -0.05) is 152 Å². The highest BCUT2D eigenvalue weighted by atomic mass is 32.1. The van der Waals surface area contributed by atoms with E-state index in [1.807, 2.05) is 17.4 Å². The van der Waals surface area contributed by atoms with E-state index >= 15 is 0 Å². The molecule has 0 N–H and O–H groups in total. The zero-order valence-electron chi connectivity index (χ0n) is 31.4. The molecule has 0 aliphatic heterocycles. The van der Waals surface area contributed by atoms with E-state index in [-0.39, 0.29) is 5.92 Å². The van der Waals surface area contributed by atoms with Crippen molar-refractivity contribution < 1.29 is 4.42 Å². The van der Waals surface area contributed by atoms with Crippen molar-refractivity contribution in [3.8, 4) is 11.1 Å². The second-order valence-corrected chi connectivity index (χ2v) is 16.1. The first kappa shape index (κ1) is 33.6. The summed E-state index contributed by atoms with van der Waals surface area (Å²) in [4.78, 5) is 2.45. The molecule has 7 aromatic carbocycles. The SMILES string of the molecule is C1=CCC(c2ccc(N(C3=CC=C(c4ccccc4)CC3)c3ccc(-c4cccc5c4oc4ccccc45)cc3)cc2)C(c2cccc3c2sc2ccccc23)=C1. The lowest BCUT2D eigenvalue weighted by Gasteiger charge is -2.31. The zero-order chi connectivity index (χ0) is 37.7. The molecule has 0 fully saturated rings. The standard InChI is InChI=1S/C54H39NOS/c1-2-12-36(13-3-1)37-24-30-40(31-25-37)55(42-34-28-39(29-35-42)44-18-10-19-48-46-16-6-8-22-51(46)56-53(44)48)41-32-26-38(27-33-41)43-14-4-5-15-45(43)49-20-11-21-50-47-17-7-9-23-52(47)57-54(49)50/h1-13,15-24,26-30,32-35,43H,14,25,31H2. The summed E-state index contributed by atoms with van der Waals surface area (Å²) < 4.78 is 9.14. The fourth-order valence-electron chi connectivity index (χ4n) is 9.00. The molecule has 11 rings (SSSR count). The quantitative estimate of drug-likeness (QED) is 0.161. The van der Waals surface area contributed by atoms with Crippen LogP contribution in [0.3, 0.4) is 0 Å². The van der Waals surface area contributed by atoms with Gasteiger partial charge in [0.25, 0.3) is 0 Å². The largest absolute Gasteiger partial charge is 0.455 e. The summed E-state index contributed by atoms with van der Waals surface area (Å²) >= 11 is 1.91. The van der Waals surface area contributed by atoms with Crippen LogP contribution in [0.15, 0.2) is 204 Å². The second-order valence-electron chi connectivity index (χ2n) is 15.1. The Morgan fingerprint density at radius 2 is 1.23 bits per heavy atom. The van der Waals surface area contributed by atoms with Crippen LogP contribution in [0.4, 0.5) is 11.4 Å². The summed E-state index contributed by atoms with van der Waals surface area (Å²) in [5, 5.41) is 4.99. The first-order valence-electron chi connectivity index (χ1n) is 19.9. The van der Waals surface area contributed by atoms with Crippen molar-refractivity contribution in [2.75, 3.05) is 4.90 Å². The van der Waals surface area contributed by atoms with E-state index in [0.717, 1.165) is 63.7 Å². The number of hydrogen-bond donors (Lipinski definition) is 0. The predicted molar refractivity (Wildman–Crippen MR) is 243 cm³/mol. The lowest BCUT2D eigenvalue weighted by molar-refractivity contribution is 0.670. The van der Waals surface area contributed by atoms with Crippen LogP contribution in [-0.2, 0) is 0 Å². The van der Waals surface area contributed by atoms with Crippen molar-refractivity contribution in [3.05, 3.63) is 217 Å². The third kappa shape index (κ3) is 5.94. The smallest absolute Gasteiger partial charge is 0.143 e. The van der Waals surface area contributed by atoms with Crippen molar-refractivity contribution in [2.24, 2.45) is 0 Å². The number of para-hydroxylation sites is 2. The highest BCUT2D eigenvalue weighted by molar-refractivity contribution is 7.26. The van der Waals surface area contributed by atoms with Gasteiger partial charge < -0.3 is 9.32 Å². The summed E-state index contributed by atoms with van der Waals surface area (Å²) in [6.07, 6.45) is 14.4. The maximum Gasteiger partial charge on any atom is 0.143 e. The second kappa shape index (κ2) is 14.1. The van der Waals surface area contributed by atoms with Crippen molar-refractivity contribution >= 4 is 76.0 Å². The maximum absolute atomic E-state index is 6.42. The molecule has 0 amide bonds. The Bertz CT molecular complexity index is 3080. The van der Waals surface area contributed by atoms with Crippen LogP contribution in [0.2, 0.25) is 0 Å². The first-order valence-corrected chi connectivity index (χ1v) is 20.7. The number of benzene rings is 7. The van der Waals surface area contributed by atoms with Gasteiger partial charge in [0.1, 0.15) is 11.2 Å². The molecule has 57 heavy (non-hydrogen) atoms. The van der Waals surface area contributed by atoms with Gasteiger partial charge in [0.15, 0.2) is 0 Å². The molecule has 0 saturated heterocycles. The molecule has 0 spiro atoms. The molecule has 2 aliphatic rings. The van der Waals surface area contributed by atoms with Crippen LogP contribution in [-0.4, -0.2) is 0 Å². The highest BCUT2D eigenvalue weighted by Gasteiger charge is 2.24. The number of hydrogen-bond acceptors (Lipinski definition) is 3. The maximum atomic E-state index is 6.42. The van der Waals surface area contributed by atoms with E-state index in [2.05, 4.69) is 193 Å². The summed E-state index contributed by atoms with van der Waals surface area (Å²) in [7, 11) is 0. The molecule has 2 nitrogen and oxygen atoms in total. The fraction of sp³-hybridized carbons (Fsp3) is 0.0741. The monoisotopic (exact) mass is 749 g/mol. The Hall–Kier alpha value is -6.68. The minimum atomic E-state index is 0.277. The predicted octanol–water partition coefficient (Wildman–Crippen LogP) is 15.6. The van der Waals surface area contributed by atoms with Gasteiger partial charge >= 0.3 is 0 Å². The van der Waals surface area contributed by atoms with Gasteiger partial charge in [0.05, 0.1) is 0 Å². The van der Waals surface area contributed by atoms with Gasteiger partial charge in [-0.2, -0.15) is 0 Å². The van der Waals surface area contributed by atoms with Gasteiger partial charge in [-0.3, -0.25) is 0 Å². The number of nitrogens with zero attached hydrogens (tertiary/aromatic N) is 1. The minimum Gasteiger partial charge on any atom is -0.455 e. The lowest BCUT2D eigenvalue weighted by Crippen LogP contribution is -2.18. The van der Waals surface area contributed by atoms with E-state index < -0.39 is 0 Å². The van der Waals surface area contributed by atoms with Crippen molar-refractivity contribution in [1.29, 1.82) is 0 Å². The summed E-state index contributed by atoms with van der Waals surface area (Å²) in [5.74, 6) is 0.277. The fourth-order valence-corrected chi connectivity index (χ4v) is 10.2. The molecule has 272 valence electrons. The van der Waals surface area contributed by atoms with E-state index in [1.165, 1.54) is 53.7 Å². The van der Waals surface area contributed by atoms with Crippen LogP contribution >= 0.6 is 11.3 Å². The van der Waals surface area contributed by atoms with Gasteiger partial charge in [-0.15, -0.1) is 11.3 Å². The van der Waals surface area contributed by atoms with Gasteiger partial charge in [-0.25, -0.2) is 0 Å². The van der Waals surface area contributed by atoms with E-state index in [1.54, 1.807) is 0 Å². The minimum absolute atomic E-state index is 0.277. The molecule has 3 heteroatoms. The average molecular weight is 750 g/mol. The topological polar surface area (TPSA) is 16.4 Å². The van der Waals surface area contributed by atoms with Gasteiger partial charge in [0, 0.05) is 59.5 Å². The van der Waals surface area contributed by atoms with Crippen molar-refractivity contribution in [2.45, 2.75) is 25.2 Å². The normalized spacial score (nSPS) is 15.6. The van der Waals surface area contributed by atoms with Crippen LogP contribution in [0.1, 0.15) is 41.9 Å². The van der Waals surface area contributed by atoms with Crippen molar-refractivity contribution in [3.63, 3.8) is 0 Å². The Labute approximate surface area is 336 Å². The summed E-state index contributed by atoms with van der Waals surface area (Å²) in [6.45, 7) is 0. The number of thiophene rings is 1. The average Bonchev–Trinajstić information content (AvgIpc) is 3.87. The number of anilines is 2. The van der Waals surface area contributed by atoms with E-state index in [4.69, 9.17) is 4.42 Å². The number of furan rings is 1. The Kier molecular flexibility index (Phi) is 8.33. The molecule has 0 bridgehead atoms. The van der Waals surface area contributed by atoms with E-state index in [0.29, 0.717) is 0 Å². The number of rotatable bonds is 7. The molecule has 2 heterocycles. The molecular weight excluding hydrogens is 711 g/mol. The molecule has 1 atom stereocenters. The number of allylic oxidation sites excluding steroid dienone is 8. The molecule has 2 aromatic heterocycles. The third-order valence-corrected chi connectivity index (χ3v) is 13.0. The van der Waals surface area contributed by atoms with E-state index in [9.17, 15) is 0 Å². The Morgan fingerprint density at radius 1 is 0.526 bits per heavy atom. The number of fused-ring (bicyclic) bond motifs is 6. The highest BCUT2D eigenvalue weighted by Crippen LogP contribution is 2.46. The van der Waals surface area contributed by atoms with Crippen LogP contribution in [0.5, 0.6) is 0 Å². The Balaban J connectivity index is 0.963. The van der Waals surface area contributed by atoms with Crippen molar-refractivity contribution in [1.82, 2.24) is 0 Å². The molecule has 1 unspecified atom stereocenters. The summed E-state index contributed by atoms with van der Waals surface area (Å²) in [6, 6.07) is 59.5. The molecular formula is C54H39NOS. The van der Waals surface area contributed by atoms with Crippen LogP contribution < -0.4 is 4.90 Å². The van der Waals surface area contributed by atoms with Crippen LogP contribution in [0, 0.1) is 0 Å². The lowest BCUT2D eigenvalue weighted by atomic mass is 9.81. The first-order chi connectivity index (χ1) is 28.3. The summed E-state index contributed by atoms with van der Waals surface area (Å²) in [5.41, 5.74) is 14.4. The van der Waals surface area contributed by atoms with Gasteiger partial charge in [-0.05, 0) is 95.1 Å². The van der Waals surface area contributed by atoms with Crippen LogP contribution in [0.25, 0.3) is 64.4 Å². The third-order valence-electron chi connectivity index (χ3n) is 11.8. The molecule has 0 saturated carbocycles. The molecule has 2 aliphatic carbocycles. The molecule has 9 aromatic rings. The van der Waals surface area contributed by atoms with Gasteiger partial charge in [0.2, 0.25) is 0 Å². The zero-order valence-corrected chi connectivity index (χ0v) is 32.3.